The molecule has 0 radical (unpaired) electrons. The maximum absolute atomic E-state index is 13.9. The molecule has 4 rings (SSSR count). The zero-order valence-electron chi connectivity index (χ0n) is 19.2. The summed E-state index contributed by atoms with van der Waals surface area (Å²) in [4.78, 5) is 20.3. The molecule has 1 saturated heterocycles. The molecule has 192 valence electrons. The summed E-state index contributed by atoms with van der Waals surface area (Å²) < 4.78 is 66.5. The molecular formula is C23H23F4N5O3S. The number of hydrogen-bond donors (Lipinski definition) is 2. The molecule has 3 aromatic rings. The van der Waals surface area contributed by atoms with Crippen molar-refractivity contribution < 1.29 is 31.8 Å². The Labute approximate surface area is 206 Å². The van der Waals surface area contributed by atoms with Crippen LogP contribution in [0.2, 0.25) is 0 Å². The van der Waals surface area contributed by atoms with Crippen molar-refractivity contribution in [2.75, 3.05) is 37.1 Å². The fourth-order valence-corrected chi connectivity index (χ4v) is 5.43. The molecule has 1 aliphatic rings. The van der Waals surface area contributed by atoms with E-state index in [1.807, 2.05) is 6.07 Å². The van der Waals surface area contributed by atoms with Crippen molar-refractivity contribution in [3.05, 3.63) is 42.5 Å². The van der Waals surface area contributed by atoms with E-state index in [-0.39, 0.29) is 22.1 Å². The molecule has 0 atom stereocenters. The van der Waals surface area contributed by atoms with E-state index >= 15 is 0 Å². The molecule has 0 spiro atoms. The molecule has 36 heavy (non-hydrogen) atoms. The molecule has 1 aliphatic heterocycles. The number of amides is 1. The first-order valence-electron chi connectivity index (χ1n) is 11.0. The summed E-state index contributed by atoms with van der Waals surface area (Å²) >= 11 is 0. The monoisotopic (exact) mass is 525 g/mol. The predicted octanol–water partition coefficient (Wildman–Crippen LogP) is 4.81. The highest BCUT2D eigenvalue weighted by molar-refractivity contribution is 7.87. The van der Waals surface area contributed by atoms with Crippen LogP contribution in [0.15, 0.2) is 41.0 Å². The summed E-state index contributed by atoms with van der Waals surface area (Å²) in [5, 5.41) is 5.27. The molecule has 0 bridgehead atoms. The van der Waals surface area contributed by atoms with E-state index in [2.05, 4.69) is 15.3 Å². The van der Waals surface area contributed by atoms with Crippen molar-refractivity contribution in [1.82, 2.24) is 15.3 Å². The fourth-order valence-electron chi connectivity index (χ4n) is 3.57. The van der Waals surface area contributed by atoms with Crippen molar-refractivity contribution >= 4 is 44.7 Å². The Morgan fingerprint density at radius 3 is 2.64 bits per heavy atom. The molecule has 0 aliphatic carbocycles. The maximum Gasteiger partial charge on any atom is 0.405 e. The predicted molar refractivity (Wildman–Crippen MR) is 129 cm³/mol. The highest BCUT2D eigenvalue weighted by Crippen LogP contribution is 2.37. The summed E-state index contributed by atoms with van der Waals surface area (Å²) in [7, 11) is 1.49. The summed E-state index contributed by atoms with van der Waals surface area (Å²) in [5.74, 6) is 1.19. The van der Waals surface area contributed by atoms with Crippen LogP contribution < -0.4 is 20.1 Å². The smallest absolute Gasteiger partial charge is 0.405 e. The number of carbonyl (C=O) groups is 1. The van der Waals surface area contributed by atoms with Gasteiger partial charge in [-0.05, 0) is 31.0 Å². The van der Waals surface area contributed by atoms with Gasteiger partial charge in [0.1, 0.15) is 36.0 Å². The van der Waals surface area contributed by atoms with Crippen LogP contribution in [0.4, 0.5) is 34.8 Å². The largest absolute Gasteiger partial charge is 0.496 e. The average molecular weight is 526 g/mol. The highest BCUT2D eigenvalue weighted by atomic mass is 32.2. The number of methoxy groups -OCH3 is 1. The van der Waals surface area contributed by atoms with E-state index < -0.39 is 31.1 Å². The number of ether oxygens (including phenoxy) is 2. The third kappa shape index (κ3) is 6.59. The van der Waals surface area contributed by atoms with E-state index in [1.165, 1.54) is 38.4 Å². The molecular weight excluding hydrogens is 502 g/mol. The molecule has 1 fully saturated rings. The van der Waals surface area contributed by atoms with E-state index in [1.54, 1.807) is 11.4 Å². The minimum absolute atomic E-state index is 0.0234. The van der Waals surface area contributed by atoms with Gasteiger partial charge in [0, 0.05) is 23.6 Å². The Balaban J connectivity index is 1.60. The fraction of sp³-hybridized carbons (Fsp3) is 0.348. The van der Waals surface area contributed by atoms with Crippen LogP contribution in [0, 0.1) is 5.82 Å². The van der Waals surface area contributed by atoms with Gasteiger partial charge < -0.3 is 20.1 Å². The van der Waals surface area contributed by atoms with Crippen LogP contribution in [-0.2, 0) is 15.5 Å². The number of carbonyl (C=O) groups excluding carboxylic acids is 1. The lowest BCUT2D eigenvalue weighted by molar-refractivity contribution is -0.139. The van der Waals surface area contributed by atoms with Crippen molar-refractivity contribution in [3.8, 4) is 11.5 Å². The Morgan fingerprint density at radius 2 is 1.92 bits per heavy atom. The Kier molecular flexibility index (Phi) is 7.87. The van der Waals surface area contributed by atoms with Gasteiger partial charge in [0.05, 0.1) is 29.4 Å². The highest BCUT2D eigenvalue weighted by Gasteiger charge is 2.27. The third-order valence-corrected chi connectivity index (χ3v) is 7.18. The summed E-state index contributed by atoms with van der Waals surface area (Å²) in [6, 6.07) is 7.18. The minimum atomic E-state index is -4.56. The molecule has 8 nitrogen and oxygen atoms in total. The molecule has 1 aromatic heterocycles. The Hall–Kier alpha value is -3.48. The van der Waals surface area contributed by atoms with Crippen LogP contribution >= 0.6 is 0 Å². The zero-order chi connectivity index (χ0) is 25.7. The first kappa shape index (κ1) is 25.6. The number of alkyl halides is 3. The summed E-state index contributed by atoms with van der Waals surface area (Å²) in [5.41, 5.74) is 1.57. The number of rotatable bonds is 8. The third-order valence-electron chi connectivity index (χ3n) is 5.19. The van der Waals surface area contributed by atoms with Crippen LogP contribution in [0.5, 0.6) is 11.5 Å². The normalized spacial score (nSPS) is 14.0. The van der Waals surface area contributed by atoms with Gasteiger partial charge in [0.2, 0.25) is 0 Å². The van der Waals surface area contributed by atoms with E-state index in [9.17, 15) is 22.4 Å². The Morgan fingerprint density at radius 1 is 1.14 bits per heavy atom. The van der Waals surface area contributed by atoms with Gasteiger partial charge in [0.15, 0.2) is 6.61 Å². The van der Waals surface area contributed by atoms with Gasteiger partial charge in [-0.15, -0.1) is 0 Å². The maximum atomic E-state index is 13.9. The van der Waals surface area contributed by atoms with E-state index in [0.717, 1.165) is 23.3 Å². The van der Waals surface area contributed by atoms with Crippen molar-refractivity contribution in [1.29, 1.82) is 0 Å². The molecule has 2 aromatic carbocycles. The first-order valence-corrected chi connectivity index (χ1v) is 12.5. The molecule has 0 saturated carbocycles. The zero-order valence-corrected chi connectivity index (χ0v) is 20.0. The number of benzene rings is 2. The first-order chi connectivity index (χ1) is 17.2. The van der Waals surface area contributed by atoms with Crippen molar-refractivity contribution in [2.24, 2.45) is 4.36 Å². The van der Waals surface area contributed by atoms with Gasteiger partial charge in [-0.1, -0.05) is 10.7 Å². The van der Waals surface area contributed by atoms with Crippen molar-refractivity contribution in [2.45, 2.75) is 19.0 Å². The van der Waals surface area contributed by atoms with Gasteiger partial charge in [0.25, 0.3) is 5.91 Å². The summed E-state index contributed by atoms with van der Waals surface area (Å²) in [6.07, 6.45) is -0.876. The number of hydrogen-bond acceptors (Lipinski definition) is 7. The number of halogens is 4. The quantitative estimate of drug-likeness (QED) is 0.410. The molecule has 2 N–H and O–H groups in total. The second-order valence-electron chi connectivity index (χ2n) is 7.88. The number of nitrogens with one attached hydrogen (secondary N) is 2. The second-order valence-corrected chi connectivity index (χ2v) is 9.80. The molecule has 1 amide bonds. The SMILES string of the molecule is COc1cc(N=S2CCCC2)cc2ncnc(Nc3ccc(F)cc3OCC(=O)NCC(F)(F)F)c12. The summed E-state index contributed by atoms with van der Waals surface area (Å²) in [6.45, 7) is -2.24. The van der Waals surface area contributed by atoms with Crippen LogP contribution in [0.3, 0.4) is 0 Å². The van der Waals surface area contributed by atoms with E-state index in [4.69, 9.17) is 13.8 Å². The number of fused-ring (bicyclic) bond motifs is 1. The average Bonchev–Trinajstić information content (AvgIpc) is 3.35. The van der Waals surface area contributed by atoms with Crippen LogP contribution in [0.25, 0.3) is 10.9 Å². The number of aromatic nitrogens is 2. The van der Waals surface area contributed by atoms with Gasteiger partial charge >= 0.3 is 6.18 Å². The lowest BCUT2D eigenvalue weighted by Gasteiger charge is -2.16. The van der Waals surface area contributed by atoms with Gasteiger partial charge in [-0.25, -0.2) is 18.7 Å². The van der Waals surface area contributed by atoms with Crippen LogP contribution in [0.1, 0.15) is 12.8 Å². The number of anilines is 2. The molecule has 2 heterocycles. The minimum Gasteiger partial charge on any atom is -0.496 e. The molecule has 13 heteroatoms. The standard InChI is InChI=1S/C23H23F4N5O3S/c1-34-19-10-15(32-36-6-2-3-7-36)9-17-21(19)22(30-13-29-17)31-16-5-4-14(24)8-18(16)35-11-20(33)28-12-23(25,26)27/h4-5,8-10,13H,2-3,6-7,11-12H2,1H3,(H,28,33)(H,29,30,31). The molecule has 0 unspecified atom stereocenters. The Bertz CT molecular complexity index is 1290. The lowest BCUT2D eigenvalue weighted by atomic mass is 10.2. The second kappa shape index (κ2) is 11.1. The van der Waals surface area contributed by atoms with Gasteiger partial charge in [-0.3, -0.25) is 4.79 Å². The van der Waals surface area contributed by atoms with E-state index in [0.29, 0.717) is 22.5 Å². The topological polar surface area (TPSA) is 97.7 Å². The lowest BCUT2D eigenvalue weighted by Crippen LogP contribution is -2.36. The van der Waals surface area contributed by atoms with Crippen molar-refractivity contribution in [3.63, 3.8) is 0 Å². The van der Waals surface area contributed by atoms with Gasteiger partial charge in [-0.2, -0.15) is 13.2 Å². The van der Waals surface area contributed by atoms with Crippen LogP contribution in [-0.4, -0.2) is 53.8 Å². The number of nitrogens with zero attached hydrogens (tertiary/aromatic N) is 3.